The molecule has 0 saturated carbocycles. The number of aromatic nitrogens is 3. The molecule has 1 N–H and O–H groups in total. The molecule has 1 aromatic heterocycles. The van der Waals surface area contributed by atoms with Crippen molar-refractivity contribution in [3.63, 3.8) is 0 Å². The Bertz CT molecular complexity index is 1170. The maximum Gasteiger partial charge on any atom is 0.338 e. The van der Waals surface area contributed by atoms with Gasteiger partial charge in [-0.05, 0) is 49.4 Å². The van der Waals surface area contributed by atoms with Crippen molar-refractivity contribution < 1.29 is 23.5 Å². The summed E-state index contributed by atoms with van der Waals surface area (Å²) in [5.74, 6) is -0.230. The number of hydrogen-bond donors (Lipinski definition) is 1. The first-order chi connectivity index (χ1) is 16.4. The highest BCUT2D eigenvalue weighted by Gasteiger charge is 2.15. The number of ether oxygens (including phenoxy) is 2. The summed E-state index contributed by atoms with van der Waals surface area (Å²) in [4.78, 5) is 24.1. The fourth-order valence-corrected chi connectivity index (χ4v) is 3.80. The van der Waals surface area contributed by atoms with Crippen LogP contribution in [0.2, 0.25) is 5.02 Å². The number of rotatable bonds is 11. The standard InChI is InChI=1S/C23H22ClFN4O4S/c1-3-11-29-20(13-33-19-10-7-16(25)12-18(19)24)27-28-23(29)34-14-21(30)26-17-8-5-15(6-9-17)22(31)32-4-2/h3,5-10,12H,1,4,11,13-14H2,2H3,(H,26,30). The zero-order valence-corrected chi connectivity index (χ0v) is 19.9. The van der Waals surface area contributed by atoms with Crippen LogP contribution in [0, 0.1) is 5.82 Å². The lowest BCUT2D eigenvalue weighted by Gasteiger charge is -2.10. The predicted molar refractivity (Wildman–Crippen MR) is 128 cm³/mol. The number of carbonyl (C=O) groups is 2. The number of allylic oxidation sites excluding steroid dienone is 1. The van der Waals surface area contributed by atoms with E-state index in [1.165, 1.54) is 23.9 Å². The summed E-state index contributed by atoms with van der Waals surface area (Å²) in [6.07, 6.45) is 1.67. The predicted octanol–water partition coefficient (Wildman–Crippen LogP) is 4.74. The molecule has 3 aromatic rings. The molecule has 1 heterocycles. The summed E-state index contributed by atoms with van der Waals surface area (Å²) in [7, 11) is 0. The number of anilines is 1. The lowest BCUT2D eigenvalue weighted by Crippen LogP contribution is -2.15. The molecular weight excluding hydrogens is 483 g/mol. The molecule has 0 aliphatic carbocycles. The van der Waals surface area contributed by atoms with Crippen molar-refractivity contribution in [3.05, 3.63) is 77.3 Å². The first-order valence-corrected chi connectivity index (χ1v) is 11.6. The molecule has 0 aliphatic rings. The van der Waals surface area contributed by atoms with Gasteiger partial charge >= 0.3 is 5.97 Å². The minimum absolute atomic E-state index is 0.0474. The molecule has 3 rings (SSSR count). The number of benzene rings is 2. The van der Waals surface area contributed by atoms with E-state index in [-0.39, 0.29) is 23.3 Å². The number of nitrogens with zero attached hydrogens (tertiary/aromatic N) is 3. The van der Waals surface area contributed by atoms with Crippen molar-refractivity contribution in [1.29, 1.82) is 0 Å². The average Bonchev–Trinajstić information content (AvgIpc) is 3.19. The number of carbonyl (C=O) groups excluding carboxylic acids is 2. The van der Waals surface area contributed by atoms with Crippen molar-refractivity contribution in [3.8, 4) is 5.75 Å². The SMILES string of the molecule is C=CCn1c(COc2ccc(F)cc2Cl)nnc1SCC(=O)Nc1ccc(C(=O)OCC)cc1. The van der Waals surface area contributed by atoms with Crippen LogP contribution in [0.3, 0.4) is 0 Å². The zero-order chi connectivity index (χ0) is 24.5. The molecule has 1 amide bonds. The van der Waals surface area contributed by atoms with Gasteiger partial charge in [0.05, 0.1) is 22.9 Å². The second-order valence-corrected chi connectivity index (χ2v) is 8.15. The Balaban J connectivity index is 1.58. The highest BCUT2D eigenvalue weighted by Crippen LogP contribution is 2.26. The Morgan fingerprint density at radius 2 is 2.00 bits per heavy atom. The Morgan fingerprint density at radius 1 is 1.24 bits per heavy atom. The van der Waals surface area contributed by atoms with E-state index in [1.807, 2.05) is 0 Å². The van der Waals surface area contributed by atoms with E-state index in [4.69, 9.17) is 21.1 Å². The monoisotopic (exact) mass is 504 g/mol. The molecule has 0 radical (unpaired) electrons. The number of thioether (sulfide) groups is 1. The van der Waals surface area contributed by atoms with Crippen LogP contribution in [0.25, 0.3) is 0 Å². The van der Waals surface area contributed by atoms with Gasteiger partial charge in [0.2, 0.25) is 5.91 Å². The Hall–Kier alpha value is -3.37. The van der Waals surface area contributed by atoms with Crippen molar-refractivity contribution in [1.82, 2.24) is 14.8 Å². The molecule has 178 valence electrons. The fourth-order valence-electron chi connectivity index (χ4n) is 2.81. The highest BCUT2D eigenvalue weighted by molar-refractivity contribution is 7.99. The van der Waals surface area contributed by atoms with Gasteiger partial charge in [-0.3, -0.25) is 9.36 Å². The molecule has 0 bridgehead atoms. The van der Waals surface area contributed by atoms with E-state index in [2.05, 4.69) is 22.1 Å². The first kappa shape index (κ1) is 25.3. The Morgan fingerprint density at radius 3 is 2.68 bits per heavy atom. The molecule has 8 nitrogen and oxygen atoms in total. The summed E-state index contributed by atoms with van der Waals surface area (Å²) >= 11 is 7.20. The zero-order valence-electron chi connectivity index (χ0n) is 18.3. The van der Waals surface area contributed by atoms with Crippen molar-refractivity contribution in [2.24, 2.45) is 0 Å². The summed E-state index contributed by atoms with van der Waals surface area (Å²) in [6, 6.07) is 10.3. The molecular formula is C23H22ClFN4O4S. The van der Waals surface area contributed by atoms with Crippen LogP contribution in [0.1, 0.15) is 23.1 Å². The van der Waals surface area contributed by atoms with Gasteiger partial charge in [-0.2, -0.15) is 0 Å². The molecule has 0 fully saturated rings. The van der Waals surface area contributed by atoms with E-state index < -0.39 is 11.8 Å². The lowest BCUT2D eigenvalue weighted by molar-refractivity contribution is -0.113. The van der Waals surface area contributed by atoms with Gasteiger partial charge in [-0.15, -0.1) is 16.8 Å². The van der Waals surface area contributed by atoms with Crippen LogP contribution in [0.4, 0.5) is 10.1 Å². The molecule has 0 atom stereocenters. The number of esters is 1. The number of hydrogen-bond acceptors (Lipinski definition) is 7. The second kappa shape index (κ2) is 12.2. The first-order valence-electron chi connectivity index (χ1n) is 10.2. The molecule has 11 heteroatoms. The van der Waals surface area contributed by atoms with Crippen molar-refractivity contribution in [2.75, 3.05) is 17.7 Å². The number of halogens is 2. The minimum atomic E-state index is -0.459. The summed E-state index contributed by atoms with van der Waals surface area (Å²) in [6.45, 7) is 6.22. The van der Waals surface area contributed by atoms with E-state index in [9.17, 15) is 14.0 Å². The molecule has 0 unspecified atom stereocenters. The van der Waals surface area contributed by atoms with Crippen LogP contribution in [0.5, 0.6) is 5.75 Å². The van der Waals surface area contributed by atoms with E-state index >= 15 is 0 Å². The Labute approximate surface area is 205 Å². The average molecular weight is 505 g/mol. The van der Waals surface area contributed by atoms with E-state index in [0.717, 1.165) is 6.07 Å². The highest BCUT2D eigenvalue weighted by atomic mass is 35.5. The van der Waals surface area contributed by atoms with Crippen molar-refractivity contribution in [2.45, 2.75) is 25.2 Å². The van der Waals surface area contributed by atoms with Gasteiger partial charge in [-0.1, -0.05) is 29.4 Å². The van der Waals surface area contributed by atoms with E-state index in [0.29, 0.717) is 41.1 Å². The minimum Gasteiger partial charge on any atom is -0.484 e. The molecule has 0 saturated heterocycles. The van der Waals surface area contributed by atoms with Crippen LogP contribution in [0.15, 0.2) is 60.3 Å². The quantitative estimate of drug-likeness (QED) is 0.229. The van der Waals surface area contributed by atoms with Gasteiger partial charge in [0.1, 0.15) is 18.2 Å². The van der Waals surface area contributed by atoms with Gasteiger partial charge in [-0.25, -0.2) is 9.18 Å². The molecule has 2 aromatic carbocycles. The van der Waals surface area contributed by atoms with Gasteiger partial charge in [0.25, 0.3) is 0 Å². The summed E-state index contributed by atoms with van der Waals surface area (Å²) in [5, 5.41) is 11.7. The van der Waals surface area contributed by atoms with Crippen LogP contribution < -0.4 is 10.1 Å². The van der Waals surface area contributed by atoms with Crippen LogP contribution in [-0.2, 0) is 22.7 Å². The largest absolute Gasteiger partial charge is 0.484 e. The number of amides is 1. The van der Waals surface area contributed by atoms with E-state index in [1.54, 1.807) is 41.8 Å². The smallest absolute Gasteiger partial charge is 0.338 e. The summed E-state index contributed by atoms with van der Waals surface area (Å²) < 4.78 is 25.6. The lowest BCUT2D eigenvalue weighted by atomic mass is 10.2. The maximum atomic E-state index is 13.2. The third-order valence-electron chi connectivity index (χ3n) is 4.37. The molecule has 0 spiro atoms. The van der Waals surface area contributed by atoms with Gasteiger partial charge in [0.15, 0.2) is 11.0 Å². The summed E-state index contributed by atoms with van der Waals surface area (Å²) in [5.41, 5.74) is 0.958. The van der Waals surface area contributed by atoms with Crippen LogP contribution >= 0.6 is 23.4 Å². The molecule has 34 heavy (non-hydrogen) atoms. The number of nitrogens with one attached hydrogen (secondary N) is 1. The molecule has 0 aliphatic heterocycles. The fraction of sp³-hybridized carbons (Fsp3) is 0.217. The normalized spacial score (nSPS) is 10.6. The maximum absolute atomic E-state index is 13.2. The third kappa shape index (κ3) is 6.82. The van der Waals surface area contributed by atoms with Gasteiger partial charge in [0, 0.05) is 12.2 Å². The Kier molecular flexibility index (Phi) is 9.06. The third-order valence-corrected chi connectivity index (χ3v) is 5.63. The van der Waals surface area contributed by atoms with Crippen LogP contribution in [-0.4, -0.2) is 39.0 Å². The topological polar surface area (TPSA) is 95.3 Å². The van der Waals surface area contributed by atoms with Gasteiger partial charge < -0.3 is 14.8 Å². The second-order valence-electron chi connectivity index (χ2n) is 6.80. The van der Waals surface area contributed by atoms with Crippen molar-refractivity contribution >= 4 is 40.9 Å².